The minimum absolute atomic E-state index is 0.0271. The molecule has 2 amide bonds. The molecule has 5 nitrogen and oxygen atoms in total. The van der Waals surface area contributed by atoms with Crippen molar-refractivity contribution in [2.45, 2.75) is 13.0 Å². The molecule has 112 valence electrons. The molecule has 2 rings (SSSR count). The van der Waals surface area contributed by atoms with E-state index < -0.39 is 0 Å². The quantitative estimate of drug-likeness (QED) is 0.887. The van der Waals surface area contributed by atoms with E-state index in [1.54, 1.807) is 24.3 Å². The molecule has 0 aliphatic rings. The molecule has 22 heavy (non-hydrogen) atoms. The highest BCUT2D eigenvalue weighted by Crippen LogP contribution is 2.17. The van der Waals surface area contributed by atoms with Crippen molar-refractivity contribution in [2.75, 3.05) is 11.9 Å². The van der Waals surface area contributed by atoms with Crippen molar-refractivity contribution in [3.8, 4) is 11.8 Å². The number of hydrogen-bond acceptors (Lipinski definition) is 3. The highest BCUT2D eigenvalue weighted by atomic mass is 16.5. The molecule has 2 N–H and O–H groups in total. The van der Waals surface area contributed by atoms with Crippen LogP contribution in [0.15, 0.2) is 54.6 Å². The van der Waals surface area contributed by atoms with Crippen LogP contribution in [-0.2, 0) is 0 Å². The minimum Gasteiger partial charge on any atom is -0.479 e. The third kappa shape index (κ3) is 4.53. The number of rotatable bonds is 5. The second-order valence-corrected chi connectivity index (χ2v) is 4.71. The Kier molecular flexibility index (Phi) is 5.38. The molecule has 0 heterocycles. The van der Waals surface area contributed by atoms with Gasteiger partial charge in [-0.1, -0.05) is 36.4 Å². The molecule has 1 atom stereocenters. The number of hydrogen-bond donors (Lipinski definition) is 2. The number of urea groups is 1. The highest BCUT2D eigenvalue weighted by Gasteiger charge is 2.09. The fourth-order valence-electron chi connectivity index (χ4n) is 1.97. The summed E-state index contributed by atoms with van der Waals surface area (Å²) in [6.45, 7) is 1.89. The summed E-state index contributed by atoms with van der Waals surface area (Å²) in [5, 5.41) is 14.1. The van der Waals surface area contributed by atoms with Gasteiger partial charge in [-0.3, -0.25) is 0 Å². The normalized spacial score (nSPS) is 11.1. The Labute approximate surface area is 129 Å². The molecule has 0 radical (unpaired) electrons. The Morgan fingerprint density at radius 1 is 1.23 bits per heavy atom. The molecule has 0 fully saturated rings. The van der Waals surface area contributed by atoms with Crippen LogP contribution in [-0.4, -0.2) is 12.6 Å². The molecule has 0 spiro atoms. The van der Waals surface area contributed by atoms with Crippen molar-refractivity contribution in [2.24, 2.45) is 0 Å². The summed E-state index contributed by atoms with van der Waals surface area (Å²) < 4.78 is 5.19. The summed E-state index contributed by atoms with van der Waals surface area (Å²) in [5.74, 6) is 0.537. The fraction of sp³-hybridized carbons (Fsp3) is 0.176. The van der Waals surface area contributed by atoms with Crippen molar-refractivity contribution in [1.29, 1.82) is 5.26 Å². The third-order valence-electron chi connectivity index (χ3n) is 3.04. The molecule has 0 bridgehead atoms. The van der Waals surface area contributed by atoms with Gasteiger partial charge in [0.25, 0.3) is 0 Å². The first-order valence-electron chi connectivity index (χ1n) is 6.91. The van der Waals surface area contributed by atoms with Crippen LogP contribution in [0.1, 0.15) is 18.5 Å². The standard InChI is InChI=1S/C17H17N3O2/c1-13(14-6-3-2-4-7-14)19-17(21)20-15-8-5-9-16(12-15)22-11-10-18/h2-9,12-13H,11H2,1H3,(H2,19,20,21). The topological polar surface area (TPSA) is 74.2 Å². The number of benzene rings is 2. The lowest BCUT2D eigenvalue weighted by atomic mass is 10.1. The average Bonchev–Trinajstić information content (AvgIpc) is 2.54. The van der Waals surface area contributed by atoms with Gasteiger partial charge in [-0.2, -0.15) is 5.26 Å². The molecule has 0 aromatic heterocycles. The van der Waals surface area contributed by atoms with Crippen molar-refractivity contribution < 1.29 is 9.53 Å². The summed E-state index contributed by atoms with van der Waals surface area (Å²) in [7, 11) is 0. The number of nitrogens with zero attached hydrogens (tertiary/aromatic N) is 1. The van der Waals surface area contributed by atoms with Crippen LogP contribution in [0.4, 0.5) is 10.5 Å². The molecule has 5 heteroatoms. The zero-order valence-electron chi connectivity index (χ0n) is 12.2. The van der Waals surface area contributed by atoms with Gasteiger partial charge in [-0.15, -0.1) is 0 Å². The number of nitrogens with one attached hydrogen (secondary N) is 2. The van der Waals surface area contributed by atoms with Gasteiger partial charge < -0.3 is 15.4 Å². The van der Waals surface area contributed by atoms with E-state index in [1.165, 1.54) is 0 Å². The van der Waals surface area contributed by atoms with E-state index in [0.29, 0.717) is 11.4 Å². The van der Waals surface area contributed by atoms with Crippen LogP contribution in [0.25, 0.3) is 0 Å². The van der Waals surface area contributed by atoms with Crippen molar-refractivity contribution in [3.05, 3.63) is 60.2 Å². The van der Waals surface area contributed by atoms with Crippen LogP contribution in [0.3, 0.4) is 0 Å². The molecule has 0 aliphatic heterocycles. The Bertz CT molecular complexity index is 665. The zero-order valence-corrected chi connectivity index (χ0v) is 12.2. The van der Waals surface area contributed by atoms with Crippen LogP contribution in [0.5, 0.6) is 5.75 Å². The van der Waals surface area contributed by atoms with Crippen LogP contribution in [0.2, 0.25) is 0 Å². The van der Waals surface area contributed by atoms with E-state index in [1.807, 2.05) is 43.3 Å². The minimum atomic E-state index is -0.297. The van der Waals surface area contributed by atoms with E-state index in [2.05, 4.69) is 10.6 Å². The van der Waals surface area contributed by atoms with Crippen molar-refractivity contribution in [1.82, 2.24) is 5.32 Å². The second kappa shape index (κ2) is 7.70. The van der Waals surface area contributed by atoms with Crippen LogP contribution >= 0.6 is 0 Å². The SMILES string of the molecule is CC(NC(=O)Nc1cccc(OCC#N)c1)c1ccccc1. The zero-order chi connectivity index (χ0) is 15.8. The number of nitriles is 1. The number of carbonyl (C=O) groups is 1. The lowest BCUT2D eigenvalue weighted by Gasteiger charge is -2.15. The van der Waals surface area contributed by atoms with Crippen molar-refractivity contribution >= 4 is 11.7 Å². The van der Waals surface area contributed by atoms with Crippen molar-refractivity contribution in [3.63, 3.8) is 0 Å². The lowest BCUT2D eigenvalue weighted by molar-refractivity contribution is 0.249. The van der Waals surface area contributed by atoms with Gasteiger partial charge in [-0.25, -0.2) is 4.79 Å². The summed E-state index contributed by atoms with van der Waals surface area (Å²) in [4.78, 5) is 12.0. The Morgan fingerprint density at radius 2 is 2.00 bits per heavy atom. The van der Waals surface area contributed by atoms with E-state index >= 15 is 0 Å². The molecule has 0 aliphatic carbocycles. The second-order valence-electron chi connectivity index (χ2n) is 4.71. The van der Waals surface area contributed by atoms with E-state index in [9.17, 15) is 4.79 Å². The third-order valence-corrected chi connectivity index (χ3v) is 3.04. The van der Waals surface area contributed by atoms with Gasteiger partial charge in [0.05, 0.1) is 6.04 Å². The first-order valence-corrected chi connectivity index (χ1v) is 6.91. The number of ether oxygens (including phenoxy) is 1. The van der Waals surface area contributed by atoms with Gasteiger partial charge in [0, 0.05) is 11.8 Å². The largest absolute Gasteiger partial charge is 0.479 e. The average molecular weight is 295 g/mol. The number of carbonyl (C=O) groups excluding carboxylic acids is 1. The molecule has 1 unspecified atom stereocenters. The Balaban J connectivity index is 1.93. The molecule has 0 saturated heterocycles. The van der Waals surface area contributed by atoms with Crippen LogP contribution in [0, 0.1) is 11.3 Å². The van der Waals surface area contributed by atoms with Gasteiger partial charge in [0.1, 0.15) is 11.8 Å². The maximum Gasteiger partial charge on any atom is 0.319 e. The monoisotopic (exact) mass is 295 g/mol. The maximum absolute atomic E-state index is 12.0. The molecule has 2 aromatic rings. The number of anilines is 1. The molecular weight excluding hydrogens is 278 g/mol. The summed E-state index contributed by atoms with van der Waals surface area (Å²) >= 11 is 0. The first kappa shape index (κ1) is 15.4. The maximum atomic E-state index is 12.0. The molecule has 2 aromatic carbocycles. The molecular formula is C17H17N3O2. The van der Waals surface area contributed by atoms with Gasteiger partial charge >= 0.3 is 6.03 Å². The van der Waals surface area contributed by atoms with E-state index in [-0.39, 0.29) is 18.7 Å². The predicted molar refractivity (Wildman–Crippen MR) is 84.6 cm³/mol. The fourth-order valence-corrected chi connectivity index (χ4v) is 1.97. The summed E-state index contributed by atoms with van der Waals surface area (Å²) in [6, 6.07) is 18.1. The molecule has 0 saturated carbocycles. The lowest BCUT2D eigenvalue weighted by Crippen LogP contribution is -2.31. The first-order chi connectivity index (χ1) is 10.7. The predicted octanol–water partition coefficient (Wildman–Crippen LogP) is 3.47. The Morgan fingerprint density at radius 3 is 2.73 bits per heavy atom. The van der Waals surface area contributed by atoms with E-state index in [4.69, 9.17) is 10.00 Å². The summed E-state index contributed by atoms with van der Waals surface area (Å²) in [5.41, 5.74) is 1.64. The summed E-state index contributed by atoms with van der Waals surface area (Å²) in [6.07, 6.45) is 0. The van der Waals surface area contributed by atoms with Gasteiger partial charge in [0.15, 0.2) is 6.61 Å². The highest BCUT2D eigenvalue weighted by molar-refractivity contribution is 5.89. The van der Waals surface area contributed by atoms with E-state index in [0.717, 1.165) is 5.56 Å². The van der Waals surface area contributed by atoms with Gasteiger partial charge in [-0.05, 0) is 24.6 Å². The van der Waals surface area contributed by atoms with Gasteiger partial charge in [0.2, 0.25) is 0 Å². The van der Waals surface area contributed by atoms with Crippen LogP contribution < -0.4 is 15.4 Å². The number of amides is 2. The Hall–Kier alpha value is -3.00. The smallest absolute Gasteiger partial charge is 0.319 e.